The molecule has 0 spiro atoms. The third-order valence-electron chi connectivity index (χ3n) is 3.79. The van der Waals surface area contributed by atoms with E-state index in [2.05, 4.69) is 57.3 Å². The summed E-state index contributed by atoms with van der Waals surface area (Å²) < 4.78 is 0. The summed E-state index contributed by atoms with van der Waals surface area (Å²) in [6.45, 7) is 9.01. The summed E-state index contributed by atoms with van der Waals surface area (Å²) in [6, 6.07) is 8.88. The third-order valence-corrected chi connectivity index (χ3v) is 3.79. The van der Waals surface area contributed by atoms with E-state index in [-0.39, 0.29) is 5.41 Å². The molecule has 0 atom stereocenters. The fraction of sp³-hybridized carbons (Fsp3) is 0.529. The van der Waals surface area contributed by atoms with Gasteiger partial charge >= 0.3 is 0 Å². The van der Waals surface area contributed by atoms with Crippen molar-refractivity contribution in [3.63, 3.8) is 0 Å². The highest BCUT2D eigenvalue weighted by Gasteiger charge is 2.13. The molecule has 0 saturated heterocycles. The van der Waals surface area contributed by atoms with E-state index in [1.54, 1.807) is 0 Å². The summed E-state index contributed by atoms with van der Waals surface area (Å²) in [6.07, 6.45) is 5.12. The zero-order valence-corrected chi connectivity index (χ0v) is 12.1. The molecule has 0 radical (unpaired) electrons. The molecule has 18 heavy (non-hydrogen) atoms. The number of rotatable bonds is 2. The third kappa shape index (κ3) is 3.16. The molecule has 1 aliphatic carbocycles. The quantitative estimate of drug-likeness (QED) is 0.748. The van der Waals surface area contributed by atoms with Gasteiger partial charge in [0.2, 0.25) is 0 Å². The maximum Gasteiger partial charge on any atom is 0.0381 e. The molecule has 1 nitrogen and oxygen atoms in total. The minimum absolute atomic E-state index is 0.235. The van der Waals surface area contributed by atoms with Gasteiger partial charge in [0.05, 0.1) is 0 Å². The molecule has 1 aromatic rings. The van der Waals surface area contributed by atoms with Crippen molar-refractivity contribution in [1.82, 2.24) is 0 Å². The van der Waals surface area contributed by atoms with Crippen LogP contribution >= 0.6 is 0 Å². The topological polar surface area (TPSA) is 12.0 Å². The van der Waals surface area contributed by atoms with Gasteiger partial charge in [0.25, 0.3) is 0 Å². The Balaban J connectivity index is 2.11. The molecule has 0 aliphatic heterocycles. The number of allylic oxidation sites excluding steroid dienone is 2. The van der Waals surface area contributed by atoms with Gasteiger partial charge in [0, 0.05) is 11.4 Å². The van der Waals surface area contributed by atoms with Crippen molar-refractivity contribution >= 4 is 5.69 Å². The Morgan fingerprint density at radius 3 is 2.11 bits per heavy atom. The standard InChI is InChI=1S/C17H25N/c1-13-7-5-6-8-16(13)18-15-11-9-14(10-12-15)17(2,3)4/h9-12,18H,5-8H2,1-4H3. The van der Waals surface area contributed by atoms with Gasteiger partial charge in [-0.05, 0) is 55.7 Å². The molecule has 1 aromatic carbocycles. The Morgan fingerprint density at radius 1 is 0.944 bits per heavy atom. The first-order chi connectivity index (χ1) is 8.47. The number of nitrogens with one attached hydrogen (secondary N) is 1. The Kier molecular flexibility index (Phi) is 3.79. The fourth-order valence-electron chi connectivity index (χ4n) is 2.45. The number of hydrogen-bond acceptors (Lipinski definition) is 1. The van der Waals surface area contributed by atoms with Crippen LogP contribution in [0, 0.1) is 0 Å². The molecular formula is C17H25N. The summed E-state index contributed by atoms with van der Waals surface area (Å²) in [5, 5.41) is 3.59. The summed E-state index contributed by atoms with van der Waals surface area (Å²) in [7, 11) is 0. The Labute approximate surface area is 111 Å². The van der Waals surface area contributed by atoms with Gasteiger partial charge in [-0.15, -0.1) is 0 Å². The second-order valence-electron chi connectivity index (χ2n) is 6.42. The van der Waals surface area contributed by atoms with Gasteiger partial charge in [-0.1, -0.05) is 38.5 Å². The molecule has 98 valence electrons. The molecule has 0 heterocycles. The van der Waals surface area contributed by atoms with Crippen LogP contribution in [0.3, 0.4) is 0 Å². The lowest BCUT2D eigenvalue weighted by atomic mass is 9.87. The van der Waals surface area contributed by atoms with Gasteiger partial charge in [-0.2, -0.15) is 0 Å². The second-order valence-corrected chi connectivity index (χ2v) is 6.42. The van der Waals surface area contributed by atoms with Crippen molar-refractivity contribution < 1.29 is 0 Å². The first kappa shape index (κ1) is 13.2. The summed E-state index contributed by atoms with van der Waals surface area (Å²) in [5.41, 5.74) is 5.81. The molecule has 0 fully saturated rings. The maximum atomic E-state index is 3.59. The average Bonchev–Trinajstić information content (AvgIpc) is 2.32. The van der Waals surface area contributed by atoms with Gasteiger partial charge in [0.15, 0.2) is 0 Å². The molecule has 0 saturated carbocycles. The van der Waals surface area contributed by atoms with E-state index in [0.29, 0.717) is 0 Å². The molecule has 1 aliphatic rings. The normalized spacial score (nSPS) is 16.9. The van der Waals surface area contributed by atoms with Gasteiger partial charge in [-0.25, -0.2) is 0 Å². The Morgan fingerprint density at radius 2 is 1.56 bits per heavy atom. The lowest BCUT2D eigenvalue weighted by Crippen LogP contribution is -2.11. The van der Waals surface area contributed by atoms with E-state index < -0.39 is 0 Å². The monoisotopic (exact) mass is 243 g/mol. The van der Waals surface area contributed by atoms with Gasteiger partial charge < -0.3 is 5.32 Å². The SMILES string of the molecule is CC1=C(Nc2ccc(C(C)(C)C)cc2)CCCC1. The Bertz CT molecular complexity index is 432. The Hall–Kier alpha value is -1.24. The predicted octanol–water partition coefficient (Wildman–Crippen LogP) is 5.24. The van der Waals surface area contributed by atoms with Crippen LogP contribution in [0.5, 0.6) is 0 Å². The maximum absolute atomic E-state index is 3.59. The van der Waals surface area contributed by atoms with Crippen molar-refractivity contribution in [2.75, 3.05) is 5.32 Å². The number of benzene rings is 1. The summed E-state index contributed by atoms with van der Waals surface area (Å²) in [5.74, 6) is 0. The summed E-state index contributed by atoms with van der Waals surface area (Å²) >= 11 is 0. The minimum Gasteiger partial charge on any atom is -0.359 e. The van der Waals surface area contributed by atoms with E-state index in [9.17, 15) is 0 Å². The van der Waals surface area contributed by atoms with Crippen LogP contribution in [-0.4, -0.2) is 0 Å². The van der Waals surface area contributed by atoms with E-state index >= 15 is 0 Å². The van der Waals surface area contributed by atoms with Crippen LogP contribution in [0.4, 0.5) is 5.69 Å². The average molecular weight is 243 g/mol. The lowest BCUT2D eigenvalue weighted by Gasteiger charge is -2.21. The number of anilines is 1. The van der Waals surface area contributed by atoms with Crippen molar-refractivity contribution in [1.29, 1.82) is 0 Å². The van der Waals surface area contributed by atoms with Crippen LogP contribution in [0.25, 0.3) is 0 Å². The zero-order valence-electron chi connectivity index (χ0n) is 12.1. The smallest absolute Gasteiger partial charge is 0.0381 e. The van der Waals surface area contributed by atoms with Crippen molar-refractivity contribution in [2.45, 2.75) is 58.8 Å². The zero-order chi connectivity index (χ0) is 13.2. The van der Waals surface area contributed by atoms with Crippen LogP contribution in [0.1, 0.15) is 58.9 Å². The molecule has 0 aromatic heterocycles. The van der Waals surface area contributed by atoms with Crippen molar-refractivity contribution in [2.24, 2.45) is 0 Å². The van der Waals surface area contributed by atoms with Crippen LogP contribution < -0.4 is 5.32 Å². The molecule has 0 bridgehead atoms. The van der Waals surface area contributed by atoms with Gasteiger partial charge in [-0.3, -0.25) is 0 Å². The minimum atomic E-state index is 0.235. The van der Waals surface area contributed by atoms with Crippen LogP contribution in [-0.2, 0) is 5.41 Å². The van der Waals surface area contributed by atoms with E-state index in [1.807, 2.05) is 0 Å². The van der Waals surface area contributed by atoms with Crippen LogP contribution in [0.2, 0.25) is 0 Å². The van der Waals surface area contributed by atoms with Crippen molar-refractivity contribution in [3.05, 3.63) is 41.1 Å². The summed E-state index contributed by atoms with van der Waals surface area (Å²) in [4.78, 5) is 0. The second kappa shape index (κ2) is 5.17. The molecule has 1 heteroatoms. The first-order valence-corrected chi connectivity index (χ1v) is 7.03. The molecule has 0 unspecified atom stereocenters. The number of hydrogen-bond donors (Lipinski definition) is 1. The van der Waals surface area contributed by atoms with E-state index in [4.69, 9.17) is 0 Å². The highest BCUT2D eigenvalue weighted by atomic mass is 14.9. The first-order valence-electron chi connectivity index (χ1n) is 7.03. The molecule has 1 N–H and O–H groups in total. The van der Waals surface area contributed by atoms with Crippen molar-refractivity contribution in [3.8, 4) is 0 Å². The molecule has 2 rings (SSSR count). The lowest BCUT2D eigenvalue weighted by molar-refractivity contribution is 0.590. The van der Waals surface area contributed by atoms with Crippen LogP contribution in [0.15, 0.2) is 35.5 Å². The van der Waals surface area contributed by atoms with E-state index in [0.717, 1.165) is 0 Å². The molecular weight excluding hydrogens is 218 g/mol. The fourth-order valence-corrected chi connectivity index (χ4v) is 2.45. The highest BCUT2D eigenvalue weighted by Crippen LogP contribution is 2.27. The van der Waals surface area contributed by atoms with E-state index in [1.165, 1.54) is 48.2 Å². The largest absolute Gasteiger partial charge is 0.359 e. The molecule has 0 amide bonds. The van der Waals surface area contributed by atoms with Gasteiger partial charge in [0.1, 0.15) is 0 Å². The highest BCUT2D eigenvalue weighted by molar-refractivity contribution is 5.51. The predicted molar refractivity (Wildman–Crippen MR) is 79.9 cm³/mol.